The number of azo groups is 1. The summed E-state index contributed by atoms with van der Waals surface area (Å²) in [7, 11) is 0. The molecule has 3 N–H and O–H groups in total. The highest BCUT2D eigenvalue weighted by Gasteiger charge is 2.17. The number of carbonyl (C=O) groups excluding carboxylic acids is 1. The van der Waals surface area contributed by atoms with Crippen molar-refractivity contribution in [1.29, 1.82) is 0 Å². The van der Waals surface area contributed by atoms with Crippen molar-refractivity contribution in [3.63, 3.8) is 0 Å². The zero-order valence-electron chi connectivity index (χ0n) is 11.8. The molecule has 0 saturated carbocycles. The number of aromatic hydroxyl groups is 1. The van der Waals surface area contributed by atoms with E-state index in [1.54, 1.807) is 30.3 Å². The zero-order valence-corrected chi connectivity index (χ0v) is 11.8. The molecule has 23 heavy (non-hydrogen) atoms. The second kappa shape index (κ2) is 5.98. The lowest BCUT2D eigenvalue weighted by atomic mass is 10.1. The molecule has 0 aliphatic carbocycles. The Morgan fingerprint density at radius 1 is 1.17 bits per heavy atom. The molecule has 0 spiro atoms. The third-order valence-electron chi connectivity index (χ3n) is 3.31. The Kier molecular flexibility index (Phi) is 3.86. The summed E-state index contributed by atoms with van der Waals surface area (Å²) in [6.07, 6.45) is -1.45. The van der Waals surface area contributed by atoms with Gasteiger partial charge in [0, 0.05) is 5.39 Å². The van der Waals surface area contributed by atoms with Gasteiger partial charge in [-0.25, -0.2) is 4.39 Å². The first kappa shape index (κ1) is 14.9. The van der Waals surface area contributed by atoms with Gasteiger partial charge >= 0.3 is 0 Å². The first-order chi connectivity index (χ1) is 11.1. The van der Waals surface area contributed by atoms with Crippen molar-refractivity contribution in [3.8, 4) is 5.88 Å². The molecule has 0 radical (unpaired) electrons. The molecule has 1 amide bonds. The molecule has 0 aliphatic heterocycles. The highest BCUT2D eigenvalue weighted by Crippen LogP contribution is 2.35. The average molecular weight is 313 g/mol. The molecule has 0 saturated heterocycles. The Hall–Kier alpha value is -3.06. The molecule has 2 aromatic carbocycles. The topological polar surface area (TPSA) is 98.0 Å². The lowest BCUT2D eigenvalue weighted by Crippen LogP contribution is -2.08. The minimum Gasteiger partial charge on any atom is -0.493 e. The van der Waals surface area contributed by atoms with Crippen LogP contribution in [0.15, 0.2) is 58.8 Å². The number of rotatable bonds is 3. The highest BCUT2D eigenvalue weighted by atomic mass is 19.1. The van der Waals surface area contributed by atoms with Gasteiger partial charge in [0.15, 0.2) is 11.8 Å². The van der Waals surface area contributed by atoms with Gasteiger partial charge in [-0.3, -0.25) is 4.79 Å². The second-order valence-corrected chi connectivity index (χ2v) is 4.86. The number of nitrogens with zero attached hydrogens (tertiary/aromatic N) is 2. The van der Waals surface area contributed by atoms with Crippen molar-refractivity contribution in [2.45, 2.75) is 6.10 Å². The van der Waals surface area contributed by atoms with E-state index in [0.717, 1.165) is 6.07 Å². The third kappa shape index (κ3) is 2.95. The lowest BCUT2D eigenvalue weighted by Gasteiger charge is -2.04. The quantitative estimate of drug-likeness (QED) is 0.647. The Morgan fingerprint density at radius 3 is 2.65 bits per heavy atom. The van der Waals surface area contributed by atoms with Gasteiger partial charge in [0.05, 0.1) is 5.52 Å². The Morgan fingerprint density at radius 2 is 1.91 bits per heavy atom. The summed E-state index contributed by atoms with van der Waals surface area (Å²) in [6.45, 7) is 0. The second-order valence-electron chi connectivity index (χ2n) is 4.86. The largest absolute Gasteiger partial charge is 0.493 e. The zero-order chi connectivity index (χ0) is 16.4. The number of nitrogens with one attached hydrogen (secondary N) is 1. The first-order valence-corrected chi connectivity index (χ1v) is 6.75. The number of hydrogen-bond acceptors (Lipinski definition) is 4. The van der Waals surface area contributed by atoms with Crippen LogP contribution in [0.4, 0.5) is 10.1 Å². The van der Waals surface area contributed by atoms with E-state index in [1.807, 2.05) is 0 Å². The normalized spacial score (nSPS) is 12.8. The number of benzene rings is 2. The number of H-pyrrole nitrogens is 1. The molecule has 3 rings (SSSR count). The summed E-state index contributed by atoms with van der Waals surface area (Å²) in [5.41, 5.74) is 0.771. The Bertz CT molecular complexity index is 890. The van der Waals surface area contributed by atoms with Gasteiger partial charge < -0.3 is 15.2 Å². The number of aromatic nitrogens is 1. The number of aliphatic hydroxyl groups is 1. The summed E-state index contributed by atoms with van der Waals surface area (Å²) in [5, 5.41) is 27.1. The molecule has 1 heterocycles. The minimum atomic E-state index is -1.45. The van der Waals surface area contributed by atoms with E-state index >= 15 is 0 Å². The van der Waals surface area contributed by atoms with Gasteiger partial charge in [-0.15, -0.1) is 10.2 Å². The van der Waals surface area contributed by atoms with E-state index in [4.69, 9.17) is 0 Å². The van der Waals surface area contributed by atoms with Gasteiger partial charge in [-0.2, -0.15) is 0 Å². The van der Waals surface area contributed by atoms with Crippen molar-refractivity contribution in [1.82, 2.24) is 4.98 Å². The summed E-state index contributed by atoms with van der Waals surface area (Å²) in [5.74, 6) is -1.73. The van der Waals surface area contributed by atoms with Crippen LogP contribution in [0.2, 0.25) is 0 Å². The Labute approximate surface area is 129 Å². The highest BCUT2D eigenvalue weighted by molar-refractivity contribution is 5.94. The van der Waals surface area contributed by atoms with Gasteiger partial charge in [0.2, 0.25) is 5.88 Å². The number of hydrogen-bond donors (Lipinski definition) is 3. The molecule has 1 aromatic heterocycles. The SMILES string of the molecule is O=C(N=Nc1c(O)[nH]c2ccc(F)cc12)C(O)c1ccccc1. The van der Waals surface area contributed by atoms with Gasteiger partial charge in [-0.1, -0.05) is 30.3 Å². The molecule has 0 bridgehead atoms. The maximum Gasteiger partial charge on any atom is 0.297 e. The minimum absolute atomic E-state index is 0.0619. The van der Waals surface area contributed by atoms with Gasteiger partial charge in [0.1, 0.15) is 5.82 Å². The van der Waals surface area contributed by atoms with Crippen LogP contribution in [0.3, 0.4) is 0 Å². The molecule has 3 aromatic rings. The fourth-order valence-corrected chi connectivity index (χ4v) is 2.17. The van der Waals surface area contributed by atoms with Crippen LogP contribution in [0.1, 0.15) is 11.7 Å². The molecule has 1 unspecified atom stereocenters. The predicted molar refractivity (Wildman–Crippen MR) is 80.8 cm³/mol. The maximum absolute atomic E-state index is 13.3. The lowest BCUT2D eigenvalue weighted by molar-refractivity contribution is -0.126. The number of halogens is 1. The third-order valence-corrected chi connectivity index (χ3v) is 3.31. The van der Waals surface area contributed by atoms with Gasteiger partial charge in [0.25, 0.3) is 5.91 Å². The number of carbonyl (C=O) groups is 1. The molecule has 1 atom stereocenters. The average Bonchev–Trinajstić information content (AvgIpc) is 2.87. The van der Waals surface area contributed by atoms with Crippen molar-refractivity contribution in [2.24, 2.45) is 10.2 Å². The van der Waals surface area contributed by atoms with E-state index in [2.05, 4.69) is 15.2 Å². The van der Waals surface area contributed by atoms with Crippen molar-refractivity contribution in [3.05, 3.63) is 59.9 Å². The summed E-state index contributed by atoms with van der Waals surface area (Å²) < 4.78 is 13.3. The number of aliphatic hydroxyl groups excluding tert-OH is 1. The van der Waals surface area contributed by atoms with Gasteiger partial charge in [-0.05, 0) is 23.8 Å². The maximum atomic E-state index is 13.3. The van der Waals surface area contributed by atoms with Crippen LogP contribution >= 0.6 is 0 Å². The first-order valence-electron chi connectivity index (χ1n) is 6.75. The summed E-state index contributed by atoms with van der Waals surface area (Å²) >= 11 is 0. The Balaban J connectivity index is 1.89. The van der Waals surface area contributed by atoms with E-state index in [9.17, 15) is 19.4 Å². The van der Waals surface area contributed by atoms with Crippen LogP contribution in [-0.2, 0) is 4.79 Å². The van der Waals surface area contributed by atoms with E-state index < -0.39 is 17.8 Å². The molecule has 0 aliphatic rings. The van der Waals surface area contributed by atoms with Crippen LogP contribution in [-0.4, -0.2) is 21.1 Å². The standard InChI is InChI=1S/C16H12FN3O3/c17-10-6-7-12-11(8-10)13(15(22)18-12)19-20-16(23)14(21)9-4-2-1-3-5-9/h1-8,14,18,21-22H. The number of fused-ring (bicyclic) bond motifs is 1. The molecule has 6 nitrogen and oxygen atoms in total. The van der Waals surface area contributed by atoms with Crippen molar-refractivity contribution < 1.29 is 19.4 Å². The van der Waals surface area contributed by atoms with E-state index in [1.165, 1.54) is 12.1 Å². The molecule has 7 heteroatoms. The van der Waals surface area contributed by atoms with Crippen molar-refractivity contribution >= 4 is 22.5 Å². The van der Waals surface area contributed by atoms with Crippen LogP contribution in [0.5, 0.6) is 5.88 Å². The monoisotopic (exact) mass is 313 g/mol. The smallest absolute Gasteiger partial charge is 0.297 e. The van der Waals surface area contributed by atoms with E-state index in [0.29, 0.717) is 11.1 Å². The number of aromatic amines is 1. The molecule has 116 valence electrons. The van der Waals surface area contributed by atoms with E-state index in [-0.39, 0.29) is 17.0 Å². The van der Waals surface area contributed by atoms with Crippen molar-refractivity contribution in [2.75, 3.05) is 0 Å². The molecular weight excluding hydrogens is 301 g/mol. The fraction of sp³-hybridized carbons (Fsp3) is 0.0625. The van der Waals surface area contributed by atoms with Crippen LogP contribution < -0.4 is 0 Å². The predicted octanol–water partition coefficient (Wildman–Crippen LogP) is 3.36. The van der Waals surface area contributed by atoms with Crippen LogP contribution in [0.25, 0.3) is 10.9 Å². The molecular formula is C16H12FN3O3. The summed E-state index contributed by atoms with van der Waals surface area (Å²) in [4.78, 5) is 14.5. The fourth-order valence-electron chi connectivity index (χ4n) is 2.17. The molecule has 0 fully saturated rings. The number of amides is 1. The van der Waals surface area contributed by atoms with Crippen LogP contribution in [0, 0.1) is 5.82 Å². The summed E-state index contributed by atoms with van der Waals surface area (Å²) in [6, 6.07) is 12.1.